The number of rotatable bonds is 3. The van der Waals surface area contributed by atoms with Crippen molar-refractivity contribution >= 4 is 11.5 Å². The molecule has 0 radical (unpaired) electrons. The average Bonchev–Trinajstić information content (AvgIpc) is 2.04. The first-order valence-electron chi connectivity index (χ1n) is 3.64. The second-order valence-corrected chi connectivity index (χ2v) is 2.67. The summed E-state index contributed by atoms with van der Waals surface area (Å²) in [4.78, 5) is 13.4. The monoisotopic (exact) mass is 182 g/mol. The lowest BCUT2D eigenvalue weighted by atomic mass is 10.4. The quantitative estimate of drug-likeness (QED) is 0.555. The van der Waals surface area contributed by atoms with Crippen LogP contribution in [0.2, 0.25) is 0 Å². The zero-order valence-corrected chi connectivity index (χ0v) is 7.39. The van der Waals surface area contributed by atoms with Gasteiger partial charge in [-0.3, -0.25) is 0 Å². The third kappa shape index (κ3) is 2.68. The van der Waals surface area contributed by atoms with E-state index in [9.17, 15) is 10.1 Å². The van der Waals surface area contributed by atoms with Gasteiger partial charge in [0.1, 0.15) is 0 Å². The molecule has 1 N–H and O–H groups in total. The molecule has 6 nitrogen and oxygen atoms in total. The van der Waals surface area contributed by atoms with Crippen LogP contribution in [-0.4, -0.2) is 29.0 Å². The smallest absolute Gasteiger partial charge is 0.358 e. The summed E-state index contributed by atoms with van der Waals surface area (Å²) in [6.07, 6.45) is 1.41. The van der Waals surface area contributed by atoms with E-state index in [4.69, 9.17) is 0 Å². The van der Waals surface area contributed by atoms with Crippen LogP contribution in [0.25, 0.3) is 0 Å². The van der Waals surface area contributed by atoms with Gasteiger partial charge in [-0.2, -0.15) is 0 Å². The van der Waals surface area contributed by atoms with E-state index >= 15 is 0 Å². The van der Waals surface area contributed by atoms with E-state index in [0.29, 0.717) is 0 Å². The summed E-state index contributed by atoms with van der Waals surface area (Å²) in [6, 6.07) is 2.96. The molecule has 0 amide bonds. The van der Waals surface area contributed by atoms with E-state index in [0.717, 1.165) is 5.69 Å². The van der Waals surface area contributed by atoms with Crippen LogP contribution in [-0.2, 0) is 0 Å². The molecule has 1 heterocycles. The molecule has 1 aromatic rings. The van der Waals surface area contributed by atoms with Crippen molar-refractivity contribution in [3.05, 3.63) is 28.4 Å². The third-order valence-electron chi connectivity index (χ3n) is 1.29. The van der Waals surface area contributed by atoms with Crippen LogP contribution in [0.3, 0.4) is 0 Å². The van der Waals surface area contributed by atoms with E-state index in [1.165, 1.54) is 12.3 Å². The molecule has 0 bridgehead atoms. The van der Waals surface area contributed by atoms with Crippen molar-refractivity contribution in [3.63, 3.8) is 0 Å². The Morgan fingerprint density at radius 1 is 1.54 bits per heavy atom. The number of hydrogen-bond acceptors (Lipinski definition) is 5. The number of nitro groups is 1. The topological polar surface area (TPSA) is 71.3 Å². The van der Waals surface area contributed by atoms with Gasteiger partial charge in [0.05, 0.1) is 5.69 Å². The molecule has 70 valence electrons. The highest BCUT2D eigenvalue weighted by Gasteiger charge is 2.05. The second-order valence-electron chi connectivity index (χ2n) is 2.67. The maximum atomic E-state index is 10.2. The predicted octanol–water partition coefficient (Wildman–Crippen LogP) is 0.878. The fourth-order valence-corrected chi connectivity index (χ4v) is 0.818. The van der Waals surface area contributed by atoms with E-state index in [1.807, 2.05) is 14.1 Å². The van der Waals surface area contributed by atoms with Crippen LogP contribution in [0.1, 0.15) is 0 Å². The summed E-state index contributed by atoms with van der Waals surface area (Å²) < 4.78 is 0. The van der Waals surface area contributed by atoms with Gasteiger partial charge < -0.3 is 15.5 Å². The number of aromatic nitrogens is 1. The minimum Gasteiger partial charge on any atom is -0.358 e. The molecular weight excluding hydrogens is 172 g/mol. The normalized spacial score (nSPS) is 10.1. The van der Waals surface area contributed by atoms with Gasteiger partial charge in [0.15, 0.2) is 6.20 Å². The van der Waals surface area contributed by atoms with Gasteiger partial charge in [-0.1, -0.05) is 0 Å². The van der Waals surface area contributed by atoms with Gasteiger partial charge in [-0.15, -0.1) is 0 Å². The average molecular weight is 182 g/mol. The summed E-state index contributed by atoms with van der Waals surface area (Å²) in [5, 5.41) is 12.0. The van der Waals surface area contributed by atoms with Gasteiger partial charge in [0.2, 0.25) is 0 Å². The van der Waals surface area contributed by atoms with Crippen molar-refractivity contribution in [2.24, 2.45) is 0 Å². The van der Waals surface area contributed by atoms with E-state index < -0.39 is 4.92 Å². The molecular formula is C7H10N4O2. The highest BCUT2D eigenvalue weighted by atomic mass is 16.6. The molecule has 0 fully saturated rings. The lowest BCUT2D eigenvalue weighted by Crippen LogP contribution is -2.19. The van der Waals surface area contributed by atoms with Crippen molar-refractivity contribution in [2.75, 3.05) is 19.5 Å². The van der Waals surface area contributed by atoms with Crippen LogP contribution in [0.4, 0.5) is 11.5 Å². The standard InChI is InChI=1S/C7H10N4O2/c1-10(2)9-6-3-4-7(8-5-6)11(12)13/h3-5,9H,1-2H3. The number of hydrogen-bond donors (Lipinski definition) is 1. The first kappa shape index (κ1) is 9.40. The molecule has 0 aliphatic rings. The second kappa shape index (κ2) is 3.81. The molecule has 0 aliphatic heterocycles. The summed E-state index contributed by atoms with van der Waals surface area (Å²) in [5.74, 6) is -0.149. The van der Waals surface area contributed by atoms with Gasteiger partial charge in [0, 0.05) is 20.2 Å². The summed E-state index contributed by atoms with van der Waals surface area (Å²) in [7, 11) is 3.64. The Hall–Kier alpha value is -1.69. The number of nitrogens with one attached hydrogen (secondary N) is 1. The molecule has 0 unspecified atom stereocenters. The predicted molar refractivity (Wildman–Crippen MR) is 48.2 cm³/mol. The maximum Gasteiger partial charge on any atom is 0.363 e. The Morgan fingerprint density at radius 3 is 2.62 bits per heavy atom. The van der Waals surface area contributed by atoms with Crippen molar-refractivity contribution in [3.8, 4) is 0 Å². The van der Waals surface area contributed by atoms with Gasteiger partial charge in [-0.25, -0.2) is 5.01 Å². The molecule has 1 aromatic heterocycles. The zero-order valence-electron chi connectivity index (χ0n) is 7.39. The van der Waals surface area contributed by atoms with Crippen molar-refractivity contribution in [1.29, 1.82) is 0 Å². The van der Waals surface area contributed by atoms with Crippen molar-refractivity contribution in [1.82, 2.24) is 9.99 Å². The van der Waals surface area contributed by atoms with Crippen LogP contribution < -0.4 is 5.43 Å². The maximum absolute atomic E-state index is 10.2. The van der Waals surface area contributed by atoms with E-state index in [1.54, 1.807) is 11.1 Å². The minimum absolute atomic E-state index is 0.149. The Balaban J connectivity index is 2.75. The number of anilines is 1. The number of pyridine rings is 1. The molecule has 6 heteroatoms. The lowest BCUT2D eigenvalue weighted by molar-refractivity contribution is -0.389. The summed E-state index contributed by atoms with van der Waals surface area (Å²) in [5.41, 5.74) is 3.64. The van der Waals surface area contributed by atoms with Gasteiger partial charge in [0.25, 0.3) is 0 Å². The highest BCUT2D eigenvalue weighted by Crippen LogP contribution is 2.10. The molecule has 0 aliphatic carbocycles. The Kier molecular flexibility index (Phi) is 2.76. The summed E-state index contributed by atoms with van der Waals surface area (Å²) >= 11 is 0. The molecule has 0 atom stereocenters. The highest BCUT2D eigenvalue weighted by molar-refractivity contribution is 5.42. The third-order valence-corrected chi connectivity index (χ3v) is 1.29. The van der Waals surface area contributed by atoms with Gasteiger partial charge >= 0.3 is 5.82 Å². The SMILES string of the molecule is CN(C)Nc1ccc([N+](=O)[O-])nc1. The van der Waals surface area contributed by atoms with Gasteiger partial charge in [-0.05, 0) is 16.0 Å². The number of nitrogens with zero attached hydrogens (tertiary/aromatic N) is 3. The van der Waals surface area contributed by atoms with E-state index in [-0.39, 0.29) is 5.82 Å². The fourth-order valence-electron chi connectivity index (χ4n) is 0.818. The minimum atomic E-state index is -0.528. The molecule has 1 rings (SSSR count). The first-order valence-corrected chi connectivity index (χ1v) is 3.64. The zero-order chi connectivity index (χ0) is 9.84. The number of hydrazine groups is 1. The first-order chi connectivity index (χ1) is 6.09. The van der Waals surface area contributed by atoms with Crippen molar-refractivity contribution < 1.29 is 4.92 Å². The Bertz CT molecular complexity index is 296. The van der Waals surface area contributed by atoms with Crippen LogP contribution in [0.5, 0.6) is 0 Å². The Labute approximate surface area is 75.3 Å². The molecule has 0 spiro atoms. The molecule has 13 heavy (non-hydrogen) atoms. The van der Waals surface area contributed by atoms with Crippen LogP contribution >= 0.6 is 0 Å². The van der Waals surface area contributed by atoms with Crippen LogP contribution in [0, 0.1) is 10.1 Å². The van der Waals surface area contributed by atoms with Crippen molar-refractivity contribution in [2.45, 2.75) is 0 Å². The Morgan fingerprint density at radius 2 is 2.23 bits per heavy atom. The molecule has 0 saturated carbocycles. The van der Waals surface area contributed by atoms with E-state index in [2.05, 4.69) is 10.4 Å². The largest absolute Gasteiger partial charge is 0.363 e. The molecule has 0 aromatic carbocycles. The molecule has 0 saturated heterocycles. The van der Waals surface area contributed by atoms with Crippen LogP contribution in [0.15, 0.2) is 18.3 Å². The summed E-state index contributed by atoms with van der Waals surface area (Å²) in [6.45, 7) is 0. The lowest BCUT2D eigenvalue weighted by Gasteiger charge is -2.11. The fraction of sp³-hybridized carbons (Fsp3) is 0.286.